The number of aromatic amines is 1. The SMILES string of the molecule is C=S(C)(=O)Nc1cccc(-c2ccc(-c3nc4nc(OC5COC6C(O)COC56)[nH]c4cc3Cl)cc2)n1. The van der Waals surface area contributed by atoms with Gasteiger partial charge in [-0.3, -0.25) is 4.72 Å². The van der Waals surface area contributed by atoms with Gasteiger partial charge in [0.2, 0.25) is 0 Å². The van der Waals surface area contributed by atoms with Crippen molar-refractivity contribution in [2.75, 3.05) is 24.2 Å². The zero-order valence-electron chi connectivity index (χ0n) is 19.8. The van der Waals surface area contributed by atoms with Crippen LogP contribution < -0.4 is 9.46 Å². The Hall–Kier alpha value is -3.22. The number of rotatable bonds is 6. The van der Waals surface area contributed by atoms with Gasteiger partial charge in [-0.2, -0.15) is 4.98 Å². The summed E-state index contributed by atoms with van der Waals surface area (Å²) >= 11 is 6.57. The zero-order chi connectivity index (χ0) is 25.7. The fourth-order valence-corrected chi connectivity index (χ4v) is 5.33. The molecule has 4 aromatic rings. The number of hydrogen-bond donors (Lipinski definition) is 3. The largest absolute Gasteiger partial charge is 0.456 e. The van der Waals surface area contributed by atoms with Gasteiger partial charge in [-0.1, -0.05) is 41.9 Å². The highest BCUT2D eigenvalue weighted by atomic mass is 35.5. The van der Waals surface area contributed by atoms with Crippen molar-refractivity contribution in [1.29, 1.82) is 0 Å². The van der Waals surface area contributed by atoms with Crippen LogP contribution in [0.25, 0.3) is 33.7 Å². The molecular formula is C25H24ClN5O5S. The Kier molecular flexibility index (Phi) is 6.04. The van der Waals surface area contributed by atoms with Crippen LogP contribution in [0.3, 0.4) is 0 Å². The van der Waals surface area contributed by atoms with Gasteiger partial charge in [0.15, 0.2) is 11.8 Å². The van der Waals surface area contributed by atoms with E-state index in [2.05, 4.69) is 30.5 Å². The van der Waals surface area contributed by atoms with E-state index in [1.54, 1.807) is 12.1 Å². The highest BCUT2D eigenvalue weighted by Gasteiger charge is 2.48. The third-order valence-electron chi connectivity index (χ3n) is 6.17. The Labute approximate surface area is 218 Å². The van der Waals surface area contributed by atoms with E-state index in [1.807, 2.05) is 36.4 Å². The van der Waals surface area contributed by atoms with E-state index in [-0.39, 0.29) is 30.9 Å². The zero-order valence-corrected chi connectivity index (χ0v) is 21.3. The molecule has 0 amide bonds. The lowest BCUT2D eigenvalue weighted by Gasteiger charge is -2.15. The number of nitrogens with zero attached hydrogens (tertiary/aromatic N) is 3. The Balaban J connectivity index is 1.23. The molecule has 3 aromatic heterocycles. The summed E-state index contributed by atoms with van der Waals surface area (Å²) < 4.78 is 32.0. The number of halogens is 1. The van der Waals surface area contributed by atoms with E-state index in [0.29, 0.717) is 34.3 Å². The van der Waals surface area contributed by atoms with Crippen LogP contribution in [0.15, 0.2) is 48.5 Å². The predicted octanol–water partition coefficient (Wildman–Crippen LogP) is 2.92. The first-order valence-corrected chi connectivity index (χ1v) is 14.1. The van der Waals surface area contributed by atoms with Crippen molar-refractivity contribution in [3.8, 4) is 28.5 Å². The van der Waals surface area contributed by atoms with E-state index >= 15 is 0 Å². The molecule has 192 valence electrons. The summed E-state index contributed by atoms with van der Waals surface area (Å²) in [5, 5.41) is 10.4. The molecule has 5 heterocycles. The van der Waals surface area contributed by atoms with Gasteiger partial charge in [-0.05, 0) is 24.1 Å². The lowest BCUT2D eigenvalue weighted by atomic mass is 10.1. The lowest BCUT2D eigenvalue weighted by molar-refractivity contribution is 0.00706. The van der Waals surface area contributed by atoms with Crippen molar-refractivity contribution in [3.63, 3.8) is 0 Å². The number of aromatic nitrogens is 4. The number of aliphatic hydroxyl groups excluding tert-OH is 1. The molecule has 0 bridgehead atoms. The Morgan fingerprint density at radius 3 is 2.65 bits per heavy atom. The molecule has 3 N–H and O–H groups in total. The fraction of sp³-hybridized carbons (Fsp3) is 0.280. The first-order chi connectivity index (χ1) is 17.7. The second-order valence-corrected chi connectivity index (χ2v) is 11.8. The van der Waals surface area contributed by atoms with Crippen molar-refractivity contribution >= 4 is 44.2 Å². The van der Waals surface area contributed by atoms with Crippen LogP contribution in [0, 0.1) is 0 Å². The standard InChI is InChI=1S/C25H24ClN5O5S/c1-37(2,33)31-20-5-3-4-16(27-20)13-6-8-14(9-7-13)21-15(26)10-17-24(29-21)30-25(28-17)36-19-12-35-22-18(32)11-34-23(19)22/h3-10,18-19,22-23,32H,1,11-12H2,2H3,(H,27,31,33)(H,28,29,30). The number of H-pyrrole nitrogens is 1. The van der Waals surface area contributed by atoms with E-state index in [9.17, 15) is 9.32 Å². The lowest BCUT2D eigenvalue weighted by Crippen LogP contribution is -2.34. The van der Waals surface area contributed by atoms with Gasteiger partial charge in [0.25, 0.3) is 6.01 Å². The second-order valence-electron chi connectivity index (χ2n) is 9.14. The van der Waals surface area contributed by atoms with Crippen LogP contribution in [-0.4, -0.2) is 79.0 Å². The van der Waals surface area contributed by atoms with Gasteiger partial charge < -0.3 is 24.3 Å². The van der Waals surface area contributed by atoms with Crippen molar-refractivity contribution in [2.24, 2.45) is 0 Å². The van der Waals surface area contributed by atoms with E-state index < -0.39 is 15.8 Å². The summed E-state index contributed by atoms with van der Waals surface area (Å²) in [5.74, 6) is 4.10. The number of pyridine rings is 2. The maximum absolute atomic E-state index is 12.0. The summed E-state index contributed by atoms with van der Waals surface area (Å²) in [6.45, 7) is 0.527. The third-order valence-corrected chi connectivity index (χ3v) is 7.10. The summed E-state index contributed by atoms with van der Waals surface area (Å²) in [7, 11) is -2.43. The molecule has 12 heteroatoms. The molecule has 1 aromatic carbocycles. The summed E-state index contributed by atoms with van der Waals surface area (Å²) in [6.07, 6.45) is -0.244. The minimum Gasteiger partial charge on any atom is -0.456 e. The number of nitrogens with one attached hydrogen (secondary N) is 2. The number of ether oxygens (including phenoxy) is 3. The van der Waals surface area contributed by atoms with Crippen LogP contribution in [0.4, 0.5) is 5.82 Å². The average Bonchev–Trinajstić information content (AvgIpc) is 3.54. The van der Waals surface area contributed by atoms with Gasteiger partial charge in [-0.25, -0.2) is 14.2 Å². The monoisotopic (exact) mass is 541 g/mol. The quantitative estimate of drug-likeness (QED) is 0.318. The topological polar surface area (TPSA) is 131 Å². The second kappa shape index (κ2) is 9.26. The Morgan fingerprint density at radius 1 is 1.11 bits per heavy atom. The number of anilines is 1. The molecule has 2 saturated heterocycles. The van der Waals surface area contributed by atoms with Gasteiger partial charge >= 0.3 is 0 Å². The Bertz CT molecular complexity index is 1580. The van der Waals surface area contributed by atoms with Crippen LogP contribution in [-0.2, 0) is 19.2 Å². The van der Waals surface area contributed by atoms with Crippen LogP contribution >= 0.6 is 11.6 Å². The van der Waals surface area contributed by atoms with Crippen LogP contribution in [0.1, 0.15) is 0 Å². The maximum Gasteiger partial charge on any atom is 0.296 e. The van der Waals surface area contributed by atoms with Gasteiger partial charge in [0.1, 0.15) is 24.1 Å². The highest BCUT2D eigenvalue weighted by Crippen LogP contribution is 2.33. The predicted molar refractivity (Wildman–Crippen MR) is 142 cm³/mol. The van der Waals surface area contributed by atoms with E-state index in [1.165, 1.54) is 6.26 Å². The molecule has 6 rings (SSSR count). The minimum atomic E-state index is -2.43. The first kappa shape index (κ1) is 24.1. The Morgan fingerprint density at radius 2 is 1.86 bits per heavy atom. The van der Waals surface area contributed by atoms with Crippen LogP contribution in [0.2, 0.25) is 5.02 Å². The molecule has 0 radical (unpaired) electrons. The van der Waals surface area contributed by atoms with Gasteiger partial charge in [-0.15, -0.1) is 0 Å². The highest BCUT2D eigenvalue weighted by molar-refractivity contribution is 8.00. The molecule has 10 nitrogen and oxygen atoms in total. The van der Waals surface area contributed by atoms with Crippen molar-refractivity contribution < 1.29 is 23.5 Å². The maximum atomic E-state index is 12.0. The first-order valence-electron chi connectivity index (χ1n) is 11.6. The van der Waals surface area contributed by atoms with Crippen LogP contribution in [0.5, 0.6) is 6.01 Å². The summed E-state index contributed by atoms with van der Waals surface area (Å²) in [5.41, 5.74) is 4.08. The van der Waals surface area contributed by atoms with E-state index in [0.717, 1.165) is 16.8 Å². The van der Waals surface area contributed by atoms with Crippen molar-refractivity contribution in [2.45, 2.75) is 24.4 Å². The normalized spacial score (nSPS) is 24.6. The number of hydrogen-bond acceptors (Lipinski definition) is 8. The third kappa shape index (κ3) is 4.88. The number of imidazole rings is 1. The molecule has 0 saturated carbocycles. The number of aliphatic hydroxyl groups is 1. The smallest absolute Gasteiger partial charge is 0.296 e. The number of benzene rings is 1. The summed E-state index contributed by atoms with van der Waals surface area (Å²) in [6, 6.07) is 15.1. The van der Waals surface area contributed by atoms with Crippen molar-refractivity contribution in [3.05, 3.63) is 53.6 Å². The summed E-state index contributed by atoms with van der Waals surface area (Å²) in [4.78, 5) is 16.7. The van der Waals surface area contributed by atoms with Gasteiger partial charge in [0, 0.05) is 27.1 Å². The average molecular weight is 542 g/mol. The molecule has 0 spiro atoms. The molecular weight excluding hydrogens is 518 g/mol. The molecule has 5 unspecified atom stereocenters. The van der Waals surface area contributed by atoms with E-state index in [4.69, 9.17) is 25.8 Å². The molecule has 0 aliphatic carbocycles. The molecule has 2 aliphatic rings. The fourth-order valence-electron chi connectivity index (χ4n) is 4.51. The molecule has 5 atom stereocenters. The molecule has 2 aliphatic heterocycles. The molecule has 37 heavy (non-hydrogen) atoms. The minimum absolute atomic E-state index is 0.226. The van der Waals surface area contributed by atoms with Gasteiger partial charge in [0.05, 0.1) is 35.1 Å². The molecule has 2 fully saturated rings. The number of fused-ring (bicyclic) bond motifs is 2. The van der Waals surface area contributed by atoms with Crippen molar-refractivity contribution in [1.82, 2.24) is 19.9 Å².